The van der Waals surface area contributed by atoms with Crippen molar-refractivity contribution in [3.63, 3.8) is 0 Å². The molecule has 0 radical (unpaired) electrons. The van der Waals surface area contributed by atoms with Crippen molar-refractivity contribution in [1.82, 2.24) is 14.9 Å². The molecule has 258 valence electrons. The Bertz CT molecular complexity index is 1370. The summed E-state index contributed by atoms with van der Waals surface area (Å²) in [6.07, 6.45) is -12.7. The van der Waals surface area contributed by atoms with Crippen molar-refractivity contribution in [2.75, 3.05) is 25.0 Å². The van der Waals surface area contributed by atoms with Crippen LogP contribution < -0.4 is 27.7 Å². The molecule has 23 heteroatoms. The Hall–Kier alpha value is -5.25. The molecule has 0 saturated carbocycles. The highest BCUT2D eigenvalue weighted by Gasteiger charge is 2.39. The number of carbonyl (C=O) groups excluding carboxylic acids is 1. The van der Waals surface area contributed by atoms with Crippen LogP contribution in [0.5, 0.6) is 0 Å². The van der Waals surface area contributed by atoms with E-state index in [1.54, 1.807) is 6.92 Å². The van der Waals surface area contributed by atoms with Gasteiger partial charge in [-0.2, -0.15) is 39.5 Å². The summed E-state index contributed by atoms with van der Waals surface area (Å²) < 4.78 is 103. The Labute approximate surface area is 251 Å². The molecule has 14 nitrogen and oxygen atoms in total. The number of carboxylic acid groups (broad SMARTS) is 2. The molecule has 0 saturated heterocycles. The highest BCUT2D eigenvalue weighted by atomic mass is 19.4. The Morgan fingerprint density at radius 2 is 1.43 bits per heavy atom. The lowest BCUT2D eigenvalue weighted by atomic mass is 10.1. The van der Waals surface area contributed by atoms with Gasteiger partial charge in [-0.05, 0) is 36.2 Å². The normalized spacial score (nSPS) is 11.1. The van der Waals surface area contributed by atoms with Crippen LogP contribution in [-0.2, 0) is 38.4 Å². The third-order valence-corrected chi connectivity index (χ3v) is 4.71. The van der Waals surface area contributed by atoms with Crippen molar-refractivity contribution in [2.45, 2.75) is 38.4 Å². The number of rotatable bonds is 10. The number of aliphatic carboxylic acids is 2. The third kappa shape index (κ3) is 16.6. The van der Waals surface area contributed by atoms with E-state index < -0.39 is 47.5 Å². The molecule has 46 heavy (non-hydrogen) atoms. The molecule has 0 aliphatic heterocycles. The lowest BCUT2D eigenvalue weighted by Gasteiger charge is -2.12. The van der Waals surface area contributed by atoms with Gasteiger partial charge >= 0.3 is 30.5 Å². The zero-order valence-corrected chi connectivity index (χ0v) is 23.3. The SMILES string of the molecule is Cc1cnc(NCCc2ccc(C(F)(F)F)cc2)c(=O)n1CC(=O)NCCON=C(N)N.O=C(O)C(F)(F)F.O=C(O)C(F)(F)F. The predicted octanol–water partition coefficient (Wildman–Crippen LogP) is 1.81. The minimum atomic E-state index is -5.08. The van der Waals surface area contributed by atoms with E-state index >= 15 is 0 Å². The fourth-order valence-corrected chi connectivity index (χ4v) is 2.63. The number of carboxylic acids is 2. The molecular formula is C23H26F9N7O7. The topological polar surface area (TPSA) is 224 Å². The van der Waals surface area contributed by atoms with E-state index in [0.29, 0.717) is 17.7 Å². The maximum Gasteiger partial charge on any atom is 0.490 e. The molecular weight excluding hydrogens is 657 g/mol. The molecule has 0 aliphatic carbocycles. The highest BCUT2D eigenvalue weighted by molar-refractivity contribution is 5.76. The van der Waals surface area contributed by atoms with Gasteiger partial charge in [-0.1, -0.05) is 12.1 Å². The summed E-state index contributed by atoms with van der Waals surface area (Å²) in [4.78, 5) is 51.3. The number of guanidine groups is 1. The summed E-state index contributed by atoms with van der Waals surface area (Å²) in [5, 5.41) is 23.0. The first-order valence-corrected chi connectivity index (χ1v) is 12.0. The summed E-state index contributed by atoms with van der Waals surface area (Å²) in [5.74, 6) is -6.15. The second-order valence-corrected chi connectivity index (χ2v) is 8.32. The van der Waals surface area contributed by atoms with Gasteiger partial charge in [0.15, 0.2) is 5.82 Å². The first kappa shape index (κ1) is 40.8. The van der Waals surface area contributed by atoms with Crippen LogP contribution in [0.4, 0.5) is 45.3 Å². The van der Waals surface area contributed by atoms with Crippen molar-refractivity contribution in [3.05, 3.63) is 57.6 Å². The van der Waals surface area contributed by atoms with Crippen LogP contribution in [0.1, 0.15) is 16.8 Å². The number of carbonyl (C=O) groups is 3. The van der Waals surface area contributed by atoms with Gasteiger partial charge in [0.05, 0.1) is 12.1 Å². The number of aromatic nitrogens is 2. The molecule has 0 fully saturated rings. The van der Waals surface area contributed by atoms with Gasteiger partial charge in [-0.25, -0.2) is 14.6 Å². The average Bonchev–Trinajstić information content (AvgIpc) is 2.91. The molecule has 1 heterocycles. The zero-order valence-electron chi connectivity index (χ0n) is 23.3. The number of alkyl halides is 9. The largest absolute Gasteiger partial charge is 0.490 e. The number of benzene rings is 1. The van der Waals surface area contributed by atoms with E-state index in [1.807, 2.05) is 0 Å². The lowest BCUT2D eigenvalue weighted by Crippen LogP contribution is -2.36. The molecule has 1 amide bonds. The van der Waals surface area contributed by atoms with E-state index in [4.69, 9.17) is 36.1 Å². The van der Waals surface area contributed by atoms with Crippen LogP contribution >= 0.6 is 0 Å². The number of halogens is 9. The molecule has 8 N–H and O–H groups in total. The molecule has 2 aromatic rings. The zero-order chi connectivity index (χ0) is 35.9. The minimum absolute atomic E-state index is 0.0337. The maximum absolute atomic E-state index is 12.6. The molecule has 2 rings (SSSR count). The standard InChI is InChI=1S/C19H24F3N7O3.2C2HF3O2/c1-12-10-27-16(26-7-6-13-2-4-14(5-3-13)19(20,21)22)17(31)29(12)11-15(30)25-8-9-32-28-18(23)24;2*3-2(4,5)1(6)7/h2-5,10H,6-9,11H2,1H3,(H,25,30)(H,26,27)(H4,23,24,28);2*(H,6,7). The van der Waals surface area contributed by atoms with Gasteiger partial charge in [-0.15, -0.1) is 0 Å². The van der Waals surface area contributed by atoms with Crippen molar-refractivity contribution in [3.8, 4) is 0 Å². The van der Waals surface area contributed by atoms with E-state index in [2.05, 4.69) is 20.8 Å². The summed E-state index contributed by atoms with van der Waals surface area (Å²) in [6, 6.07) is 4.78. The summed E-state index contributed by atoms with van der Waals surface area (Å²) in [5.41, 5.74) is 10.1. The summed E-state index contributed by atoms with van der Waals surface area (Å²) in [6.45, 7) is 1.85. The average molecular weight is 683 g/mol. The first-order valence-electron chi connectivity index (χ1n) is 12.0. The van der Waals surface area contributed by atoms with Gasteiger partial charge in [0.2, 0.25) is 11.9 Å². The van der Waals surface area contributed by atoms with Gasteiger partial charge in [0.25, 0.3) is 5.56 Å². The highest BCUT2D eigenvalue weighted by Crippen LogP contribution is 2.29. The number of amides is 1. The fourth-order valence-electron chi connectivity index (χ4n) is 2.63. The van der Waals surface area contributed by atoms with Crippen LogP contribution in [0.2, 0.25) is 0 Å². The second kappa shape index (κ2) is 17.9. The van der Waals surface area contributed by atoms with Crippen molar-refractivity contribution < 1.29 is 68.9 Å². The van der Waals surface area contributed by atoms with Crippen molar-refractivity contribution >= 4 is 29.6 Å². The Kier molecular flexibility index (Phi) is 15.9. The van der Waals surface area contributed by atoms with Gasteiger partial charge in [0, 0.05) is 18.4 Å². The van der Waals surface area contributed by atoms with Crippen LogP contribution in [0, 0.1) is 6.92 Å². The van der Waals surface area contributed by atoms with Gasteiger partial charge < -0.3 is 37.2 Å². The molecule has 0 unspecified atom stereocenters. The second-order valence-electron chi connectivity index (χ2n) is 8.32. The number of hydrogen-bond donors (Lipinski definition) is 6. The Balaban J connectivity index is 0.00000120. The van der Waals surface area contributed by atoms with Crippen molar-refractivity contribution in [1.29, 1.82) is 0 Å². The molecule has 1 aromatic heterocycles. The van der Waals surface area contributed by atoms with Crippen LogP contribution in [0.3, 0.4) is 0 Å². The van der Waals surface area contributed by atoms with Crippen LogP contribution in [0.15, 0.2) is 40.4 Å². The number of oxime groups is 1. The summed E-state index contributed by atoms with van der Waals surface area (Å²) >= 11 is 0. The Morgan fingerprint density at radius 3 is 1.87 bits per heavy atom. The molecule has 0 aliphatic rings. The first-order chi connectivity index (χ1) is 21.0. The van der Waals surface area contributed by atoms with E-state index in [1.165, 1.54) is 22.9 Å². The van der Waals surface area contributed by atoms with E-state index in [-0.39, 0.29) is 38.0 Å². The molecule has 1 aromatic carbocycles. The number of nitrogens with two attached hydrogens (primary N) is 2. The quantitative estimate of drug-likeness (QED) is 0.0697. The smallest absolute Gasteiger partial charge is 0.475 e. The van der Waals surface area contributed by atoms with Crippen LogP contribution in [0.25, 0.3) is 0 Å². The minimum Gasteiger partial charge on any atom is -0.475 e. The Morgan fingerprint density at radius 1 is 0.935 bits per heavy atom. The number of nitrogens with zero attached hydrogens (tertiary/aromatic N) is 3. The van der Waals surface area contributed by atoms with E-state index in [0.717, 1.165) is 12.1 Å². The van der Waals surface area contributed by atoms with Crippen LogP contribution in [-0.4, -0.2) is 75.6 Å². The van der Waals surface area contributed by atoms with Gasteiger partial charge in [0.1, 0.15) is 13.2 Å². The molecule has 0 atom stereocenters. The lowest BCUT2D eigenvalue weighted by molar-refractivity contribution is -0.193. The number of aryl methyl sites for hydroxylation is 1. The van der Waals surface area contributed by atoms with E-state index in [9.17, 15) is 49.1 Å². The third-order valence-electron chi connectivity index (χ3n) is 4.71. The van der Waals surface area contributed by atoms with Crippen molar-refractivity contribution in [2.24, 2.45) is 16.6 Å². The fraction of sp³-hybridized carbons (Fsp3) is 0.391. The number of anilines is 1. The predicted molar refractivity (Wildman–Crippen MR) is 139 cm³/mol. The molecule has 0 spiro atoms. The summed E-state index contributed by atoms with van der Waals surface area (Å²) in [7, 11) is 0. The maximum atomic E-state index is 12.6. The van der Waals surface area contributed by atoms with Gasteiger partial charge in [-0.3, -0.25) is 14.2 Å². The monoisotopic (exact) mass is 683 g/mol. The number of nitrogens with one attached hydrogen (secondary N) is 2. The molecule has 0 bridgehead atoms. The number of hydrogen-bond acceptors (Lipinski definition) is 8.